The number of rotatable bonds is 5. The third-order valence-corrected chi connectivity index (χ3v) is 5.78. The van der Waals surface area contributed by atoms with E-state index in [4.69, 9.17) is 11.1 Å². The van der Waals surface area contributed by atoms with Crippen molar-refractivity contribution in [1.29, 1.82) is 5.41 Å². The first kappa shape index (κ1) is 22.2. The monoisotopic (exact) mass is 421 g/mol. The molecular weight excluding hydrogens is 391 g/mol. The predicted octanol–water partition coefficient (Wildman–Crippen LogP) is 4.37. The van der Waals surface area contributed by atoms with Crippen LogP contribution in [0.3, 0.4) is 0 Å². The van der Waals surface area contributed by atoms with Crippen molar-refractivity contribution in [3.05, 3.63) is 47.7 Å². The molecule has 0 amide bonds. The molecular formula is C22H30F3N5. The molecule has 5 nitrogen and oxygen atoms in total. The average Bonchev–Trinajstić information content (AvgIpc) is 2.66. The van der Waals surface area contributed by atoms with E-state index in [1.165, 1.54) is 0 Å². The summed E-state index contributed by atoms with van der Waals surface area (Å²) in [5.41, 5.74) is 8.05. The number of alkyl halides is 3. The Morgan fingerprint density at radius 3 is 2.53 bits per heavy atom. The fourth-order valence-electron chi connectivity index (χ4n) is 4.25. The summed E-state index contributed by atoms with van der Waals surface area (Å²) in [6.45, 7) is 9.23. The van der Waals surface area contributed by atoms with Crippen LogP contribution in [0, 0.1) is 23.2 Å². The lowest BCUT2D eigenvalue weighted by Crippen LogP contribution is -2.43. The van der Waals surface area contributed by atoms with Crippen LogP contribution in [0.2, 0.25) is 0 Å². The summed E-state index contributed by atoms with van der Waals surface area (Å²) in [5.74, 6) is -1.57. The molecule has 1 unspecified atom stereocenters. The lowest BCUT2D eigenvalue weighted by atomic mass is 9.80. The van der Waals surface area contributed by atoms with E-state index in [0.717, 1.165) is 17.8 Å². The van der Waals surface area contributed by atoms with Gasteiger partial charge in [-0.3, -0.25) is 4.98 Å². The van der Waals surface area contributed by atoms with E-state index < -0.39 is 12.1 Å². The molecule has 3 rings (SSSR count). The topological polar surface area (TPSA) is 78.0 Å². The molecule has 1 atom stereocenters. The molecule has 0 saturated carbocycles. The largest absolute Gasteiger partial charge is 0.396 e. The Bertz CT molecular complexity index is 818. The van der Waals surface area contributed by atoms with E-state index in [1.807, 2.05) is 18.3 Å². The maximum absolute atomic E-state index is 13.6. The molecule has 0 radical (unpaired) electrons. The number of hydrogen-bond acceptors (Lipinski definition) is 5. The molecule has 0 aromatic carbocycles. The molecule has 8 heteroatoms. The number of nitrogens with zero attached hydrogens (tertiary/aromatic N) is 2. The number of halogens is 3. The maximum atomic E-state index is 13.6. The standard InChI is InChI=1S/C22H30F3N5/c1-13(2)10-16-4-5-17(12-28-16)30-8-6-15(7-9-30)20(26)19-18(22(23,24)25)11-14(3)29-21(19)27/h4-5,12-13,15,18,26,29H,3,6-11,27H2,1-2H3. The molecule has 164 valence electrons. The van der Waals surface area contributed by atoms with Crippen molar-refractivity contribution in [2.45, 2.75) is 45.7 Å². The highest BCUT2D eigenvalue weighted by Gasteiger charge is 2.47. The predicted molar refractivity (Wildman–Crippen MR) is 113 cm³/mol. The summed E-state index contributed by atoms with van der Waals surface area (Å²) in [6.07, 6.45) is -0.739. The van der Waals surface area contributed by atoms with Gasteiger partial charge >= 0.3 is 6.18 Å². The molecule has 0 aliphatic carbocycles. The first-order valence-corrected chi connectivity index (χ1v) is 10.4. The molecule has 1 saturated heterocycles. The van der Waals surface area contributed by atoms with Gasteiger partial charge in [0, 0.05) is 48.1 Å². The Morgan fingerprint density at radius 2 is 2.00 bits per heavy atom. The first-order valence-electron chi connectivity index (χ1n) is 10.4. The lowest BCUT2D eigenvalue weighted by molar-refractivity contribution is -0.163. The van der Waals surface area contributed by atoms with E-state index in [2.05, 4.69) is 35.6 Å². The molecule has 2 aliphatic heterocycles. The average molecular weight is 422 g/mol. The van der Waals surface area contributed by atoms with Crippen LogP contribution in [0.15, 0.2) is 42.0 Å². The Labute approximate surface area is 175 Å². The zero-order chi connectivity index (χ0) is 22.1. The first-order chi connectivity index (χ1) is 14.1. The molecule has 0 spiro atoms. The Kier molecular flexibility index (Phi) is 6.43. The van der Waals surface area contributed by atoms with Crippen LogP contribution in [-0.4, -0.2) is 30.0 Å². The van der Waals surface area contributed by atoms with Crippen molar-refractivity contribution in [2.75, 3.05) is 18.0 Å². The SMILES string of the molecule is C=C1CC(C(F)(F)F)C(C(=N)C2CCN(c3ccc(CC(C)C)nc3)CC2)=C(N)N1. The van der Waals surface area contributed by atoms with Crippen LogP contribution in [0.5, 0.6) is 0 Å². The number of nitrogens with two attached hydrogens (primary N) is 1. The summed E-state index contributed by atoms with van der Waals surface area (Å²) in [5, 5.41) is 11.2. The number of piperidine rings is 1. The zero-order valence-corrected chi connectivity index (χ0v) is 17.5. The van der Waals surface area contributed by atoms with Gasteiger partial charge in [-0.25, -0.2) is 0 Å². The quantitative estimate of drug-likeness (QED) is 0.617. The van der Waals surface area contributed by atoms with Gasteiger partial charge < -0.3 is 21.4 Å². The van der Waals surface area contributed by atoms with Crippen molar-refractivity contribution in [1.82, 2.24) is 10.3 Å². The molecule has 1 fully saturated rings. The smallest absolute Gasteiger partial charge is 0.385 e. The Morgan fingerprint density at radius 1 is 1.33 bits per heavy atom. The normalized spacial score (nSPS) is 21.2. The fourth-order valence-corrected chi connectivity index (χ4v) is 4.25. The molecule has 4 N–H and O–H groups in total. The molecule has 1 aromatic rings. The van der Waals surface area contributed by atoms with E-state index >= 15 is 0 Å². The zero-order valence-electron chi connectivity index (χ0n) is 17.5. The molecule has 2 aliphatic rings. The fraction of sp³-hybridized carbons (Fsp3) is 0.545. The van der Waals surface area contributed by atoms with Gasteiger partial charge in [0.1, 0.15) is 5.82 Å². The van der Waals surface area contributed by atoms with E-state index in [9.17, 15) is 13.2 Å². The van der Waals surface area contributed by atoms with Crippen molar-refractivity contribution < 1.29 is 13.2 Å². The van der Waals surface area contributed by atoms with E-state index in [-0.39, 0.29) is 35.1 Å². The second-order valence-corrected chi connectivity index (χ2v) is 8.63. The summed E-state index contributed by atoms with van der Waals surface area (Å²) < 4.78 is 40.8. The van der Waals surface area contributed by atoms with Gasteiger partial charge in [-0.05, 0) is 37.3 Å². The van der Waals surface area contributed by atoms with Crippen LogP contribution in [0.25, 0.3) is 0 Å². The summed E-state index contributed by atoms with van der Waals surface area (Å²) in [4.78, 5) is 6.70. The third kappa shape index (κ3) is 4.96. The number of nitrogens with one attached hydrogen (secondary N) is 2. The van der Waals surface area contributed by atoms with Crippen molar-refractivity contribution in [3.8, 4) is 0 Å². The number of pyridine rings is 1. The number of anilines is 1. The summed E-state index contributed by atoms with van der Waals surface area (Å²) in [6, 6.07) is 4.08. The Hall–Kier alpha value is -2.51. The van der Waals surface area contributed by atoms with Crippen molar-refractivity contribution in [2.24, 2.45) is 23.5 Å². The van der Waals surface area contributed by atoms with E-state index in [1.54, 1.807) is 0 Å². The third-order valence-electron chi connectivity index (χ3n) is 5.78. The molecule has 0 bridgehead atoms. The highest BCUT2D eigenvalue weighted by molar-refractivity contribution is 6.01. The lowest BCUT2D eigenvalue weighted by Gasteiger charge is -2.37. The van der Waals surface area contributed by atoms with Gasteiger partial charge in [0.15, 0.2) is 0 Å². The number of allylic oxidation sites excluding steroid dienone is 2. The second kappa shape index (κ2) is 8.70. The summed E-state index contributed by atoms with van der Waals surface area (Å²) in [7, 11) is 0. The van der Waals surface area contributed by atoms with Gasteiger partial charge in [-0.1, -0.05) is 20.4 Å². The molecule has 3 heterocycles. The number of hydrogen-bond donors (Lipinski definition) is 3. The van der Waals surface area contributed by atoms with Crippen LogP contribution in [-0.2, 0) is 6.42 Å². The van der Waals surface area contributed by atoms with Crippen LogP contribution < -0.4 is 16.0 Å². The highest BCUT2D eigenvalue weighted by atomic mass is 19.4. The minimum atomic E-state index is -4.46. The van der Waals surface area contributed by atoms with Crippen LogP contribution in [0.4, 0.5) is 18.9 Å². The van der Waals surface area contributed by atoms with Gasteiger partial charge in [-0.2, -0.15) is 13.2 Å². The van der Waals surface area contributed by atoms with Gasteiger partial charge in [0.25, 0.3) is 0 Å². The second-order valence-electron chi connectivity index (χ2n) is 8.63. The maximum Gasteiger partial charge on any atom is 0.396 e. The number of aromatic nitrogens is 1. The molecule has 1 aromatic heterocycles. The van der Waals surface area contributed by atoms with Crippen molar-refractivity contribution in [3.63, 3.8) is 0 Å². The van der Waals surface area contributed by atoms with E-state index in [0.29, 0.717) is 31.8 Å². The Balaban J connectivity index is 1.67. The van der Waals surface area contributed by atoms with Gasteiger partial charge in [0.2, 0.25) is 0 Å². The van der Waals surface area contributed by atoms with Crippen LogP contribution >= 0.6 is 0 Å². The minimum Gasteiger partial charge on any atom is -0.385 e. The minimum absolute atomic E-state index is 0.000110. The molecule has 30 heavy (non-hydrogen) atoms. The summed E-state index contributed by atoms with van der Waals surface area (Å²) >= 11 is 0. The van der Waals surface area contributed by atoms with Gasteiger partial charge in [0.05, 0.1) is 17.8 Å². The van der Waals surface area contributed by atoms with Crippen molar-refractivity contribution >= 4 is 11.4 Å². The van der Waals surface area contributed by atoms with Gasteiger partial charge in [-0.15, -0.1) is 0 Å². The highest BCUT2D eigenvalue weighted by Crippen LogP contribution is 2.41. The van der Waals surface area contributed by atoms with Crippen LogP contribution in [0.1, 0.15) is 38.8 Å².